The second-order valence-corrected chi connectivity index (χ2v) is 6.40. The average molecular weight is 326 g/mol. The fourth-order valence-electron chi connectivity index (χ4n) is 3.66. The molecule has 0 radical (unpaired) electrons. The van der Waals surface area contributed by atoms with Gasteiger partial charge in [0.05, 0.1) is 23.5 Å². The molecule has 2 saturated heterocycles. The molecule has 0 aromatic carbocycles. The monoisotopic (exact) mass is 326 g/mol. The molecule has 0 spiro atoms. The van der Waals surface area contributed by atoms with Crippen LogP contribution in [-0.4, -0.2) is 46.3 Å². The van der Waals surface area contributed by atoms with Gasteiger partial charge in [0, 0.05) is 39.3 Å². The Morgan fingerprint density at radius 3 is 1.62 bits per heavy atom. The molecule has 126 valence electrons. The van der Waals surface area contributed by atoms with Crippen LogP contribution in [0.4, 0.5) is 0 Å². The van der Waals surface area contributed by atoms with Crippen LogP contribution >= 0.6 is 0 Å². The lowest BCUT2D eigenvalue weighted by Gasteiger charge is -2.27. The van der Waals surface area contributed by atoms with Gasteiger partial charge in [0.2, 0.25) is 0 Å². The molecule has 0 aliphatic carbocycles. The van der Waals surface area contributed by atoms with E-state index in [1.54, 1.807) is 0 Å². The van der Waals surface area contributed by atoms with Gasteiger partial charge in [0.25, 0.3) is 0 Å². The van der Waals surface area contributed by atoms with E-state index in [9.17, 15) is 0 Å². The van der Waals surface area contributed by atoms with Crippen LogP contribution in [0.5, 0.6) is 0 Å². The van der Waals surface area contributed by atoms with Gasteiger partial charge in [0.15, 0.2) is 0 Å². The van der Waals surface area contributed by atoms with Crippen molar-refractivity contribution in [2.24, 2.45) is 0 Å². The predicted octanol–water partition coefficient (Wildman–Crippen LogP) is 2.53. The Kier molecular flexibility index (Phi) is 4.28. The number of hydrogen-bond acceptors (Lipinski definition) is 6. The summed E-state index contributed by atoms with van der Waals surface area (Å²) < 4.78 is 0. The molecule has 4 rings (SSSR count). The minimum Gasteiger partial charge on any atom is -0.289 e. The summed E-state index contributed by atoms with van der Waals surface area (Å²) in [4.78, 5) is 20.9. The van der Waals surface area contributed by atoms with E-state index in [-0.39, 0.29) is 24.3 Å². The first-order chi connectivity index (χ1) is 11.7. The van der Waals surface area contributed by atoms with E-state index in [1.807, 2.05) is 73.0 Å². The molecule has 6 nitrogen and oxygen atoms in total. The molecular weight excluding hydrogens is 304 g/mol. The van der Waals surface area contributed by atoms with Crippen LogP contribution in [0.3, 0.4) is 0 Å². The SMILES string of the molecule is CN1OC(c2ccccn2)CC1C1CC(c2ccccn2)ON1C. The maximum atomic E-state index is 6.03. The van der Waals surface area contributed by atoms with Gasteiger partial charge in [-0.05, 0) is 24.3 Å². The van der Waals surface area contributed by atoms with E-state index in [2.05, 4.69) is 9.97 Å². The van der Waals surface area contributed by atoms with Crippen LogP contribution in [0.25, 0.3) is 0 Å². The Morgan fingerprint density at radius 2 is 1.25 bits per heavy atom. The molecule has 4 unspecified atom stereocenters. The smallest absolute Gasteiger partial charge is 0.123 e. The first-order valence-electron chi connectivity index (χ1n) is 8.33. The number of rotatable bonds is 3. The average Bonchev–Trinajstić information content (AvgIpc) is 3.19. The molecule has 2 aliphatic heterocycles. The molecule has 2 aliphatic rings. The summed E-state index contributed by atoms with van der Waals surface area (Å²) in [6.45, 7) is 0. The zero-order valence-corrected chi connectivity index (χ0v) is 13.9. The second-order valence-electron chi connectivity index (χ2n) is 6.40. The number of hydrogen-bond donors (Lipinski definition) is 0. The predicted molar refractivity (Wildman–Crippen MR) is 88.5 cm³/mol. The third kappa shape index (κ3) is 2.93. The molecule has 0 bridgehead atoms. The van der Waals surface area contributed by atoms with Gasteiger partial charge in [0.1, 0.15) is 12.2 Å². The van der Waals surface area contributed by atoms with Gasteiger partial charge in [-0.3, -0.25) is 19.6 Å². The van der Waals surface area contributed by atoms with E-state index in [0.29, 0.717) is 0 Å². The highest BCUT2D eigenvalue weighted by Gasteiger charge is 2.44. The van der Waals surface area contributed by atoms with E-state index in [4.69, 9.17) is 9.68 Å². The summed E-state index contributed by atoms with van der Waals surface area (Å²) in [7, 11) is 3.99. The largest absolute Gasteiger partial charge is 0.289 e. The molecule has 0 saturated carbocycles. The summed E-state index contributed by atoms with van der Waals surface area (Å²) in [5.41, 5.74) is 1.96. The van der Waals surface area contributed by atoms with Gasteiger partial charge in [-0.2, -0.15) is 10.1 Å². The molecule has 6 heteroatoms. The highest BCUT2D eigenvalue weighted by Crippen LogP contribution is 2.40. The van der Waals surface area contributed by atoms with Crippen LogP contribution in [0.15, 0.2) is 48.8 Å². The van der Waals surface area contributed by atoms with E-state index in [1.165, 1.54) is 0 Å². The summed E-state index contributed by atoms with van der Waals surface area (Å²) >= 11 is 0. The fraction of sp³-hybridized carbons (Fsp3) is 0.444. The van der Waals surface area contributed by atoms with Crippen LogP contribution < -0.4 is 0 Å². The molecule has 4 heterocycles. The van der Waals surface area contributed by atoms with E-state index in [0.717, 1.165) is 24.2 Å². The van der Waals surface area contributed by atoms with Crippen molar-refractivity contribution in [2.45, 2.75) is 37.1 Å². The first-order valence-corrected chi connectivity index (χ1v) is 8.33. The molecular formula is C18H22N4O2. The Labute approximate surface area is 141 Å². The summed E-state index contributed by atoms with van der Waals surface area (Å²) in [6, 6.07) is 12.4. The zero-order valence-electron chi connectivity index (χ0n) is 13.9. The van der Waals surface area contributed by atoms with Gasteiger partial charge in [-0.25, -0.2) is 0 Å². The zero-order chi connectivity index (χ0) is 16.5. The molecule has 0 amide bonds. The van der Waals surface area contributed by atoms with Gasteiger partial charge in [-0.15, -0.1) is 0 Å². The second kappa shape index (κ2) is 6.57. The third-order valence-electron chi connectivity index (χ3n) is 4.91. The topological polar surface area (TPSA) is 50.7 Å². The van der Waals surface area contributed by atoms with Gasteiger partial charge in [-0.1, -0.05) is 12.1 Å². The number of hydroxylamine groups is 4. The van der Waals surface area contributed by atoms with Crippen molar-refractivity contribution in [3.8, 4) is 0 Å². The molecule has 2 aromatic rings. The number of aromatic nitrogens is 2. The van der Waals surface area contributed by atoms with Crippen LogP contribution in [0.2, 0.25) is 0 Å². The summed E-state index contributed by atoms with van der Waals surface area (Å²) in [6.07, 6.45) is 5.44. The lowest BCUT2D eigenvalue weighted by molar-refractivity contribution is -0.184. The van der Waals surface area contributed by atoms with Crippen molar-refractivity contribution in [1.29, 1.82) is 0 Å². The van der Waals surface area contributed by atoms with Crippen molar-refractivity contribution >= 4 is 0 Å². The van der Waals surface area contributed by atoms with Crippen LogP contribution in [0, 0.1) is 0 Å². The van der Waals surface area contributed by atoms with Crippen molar-refractivity contribution in [1.82, 2.24) is 20.1 Å². The normalized spacial score (nSPS) is 31.6. The Morgan fingerprint density at radius 1 is 0.792 bits per heavy atom. The molecule has 0 N–H and O–H groups in total. The maximum Gasteiger partial charge on any atom is 0.123 e. The van der Waals surface area contributed by atoms with Crippen molar-refractivity contribution in [3.63, 3.8) is 0 Å². The van der Waals surface area contributed by atoms with Crippen molar-refractivity contribution in [2.75, 3.05) is 14.1 Å². The lowest BCUT2D eigenvalue weighted by atomic mass is 9.96. The number of likely N-dealkylation sites (N-methyl/N-ethyl adjacent to an activating group) is 2. The Balaban J connectivity index is 1.48. The quantitative estimate of drug-likeness (QED) is 0.864. The first kappa shape index (κ1) is 15.7. The molecule has 2 aromatic heterocycles. The standard InChI is InChI=1S/C18H22N4O2/c1-21-15(11-17(23-21)13-7-3-5-9-19-13)16-12-18(24-22(16)2)14-8-4-6-10-20-14/h3-10,15-18H,11-12H2,1-2H3. The van der Waals surface area contributed by atoms with Crippen LogP contribution in [-0.2, 0) is 9.68 Å². The maximum absolute atomic E-state index is 6.03. The summed E-state index contributed by atoms with van der Waals surface area (Å²) in [5.74, 6) is 0. The third-order valence-corrected chi connectivity index (χ3v) is 4.91. The minimum atomic E-state index is 0.00324. The Bertz CT molecular complexity index is 610. The van der Waals surface area contributed by atoms with Gasteiger partial charge < -0.3 is 0 Å². The molecule has 2 fully saturated rings. The number of pyridine rings is 2. The van der Waals surface area contributed by atoms with Crippen LogP contribution in [0.1, 0.15) is 36.4 Å². The number of nitrogens with zero attached hydrogens (tertiary/aromatic N) is 4. The lowest BCUT2D eigenvalue weighted by Crippen LogP contribution is -2.42. The van der Waals surface area contributed by atoms with Crippen molar-refractivity contribution < 1.29 is 9.68 Å². The van der Waals surface area contributed by atoms with Gasteiger partial charge >= 0.3 is 0 Å². The highest BCUT2D eigenvalue weighted by atomic mass is 16.7. The molecule has 4 atom stereocenters. The van der Waals surface area contributed by atoms with Crippen molar-refractivity contribution in [3.05, 3.63) is 60.2 Å². The summed E-state index contributed by atoms with van der Waals surface area (Å²) in [5, 5.41) is 3.93. The van der Waals surface area contributed by atoms with E-state index >= 15 is 0 Å². The minimum absolute atomic E-state index is 0.00324. The van der Waals surface area contributed by atoms with E-state index < -0.39 is 0 Å². The Hall–Kier alpha value is -1.86. The molecule has 24 heavy (non-hydrogen) atoms. The fourth-order valence-corrected chi connectivity index (χ4v) is 3.66. The highest BCUT2D eigenvalue weighted by molar-refractivity contribution is 5.11.